The number of rotatable bonds is 34. The summed E-state index contributed by atoms with van der Waals surface area (Å²) in [5.74, 6) is 0. The van der Waals surface area contributed by atoms with Gasteiger partial charge in [0.05, 0.1) is 0 Å². The summed E-state index contributed by atoms with van der Waals surface area (Å²) >= 11 is 0. The van der Waals surface area contributed by atoms with Crippen molar-refractivity contribution in [2.75, 3.05) is 37.9 Å². The summed E-state index contributed by atoms with van der Waals surface area (Å²) in [7, 11) is -3.67. The molecule has 0 rings (SSSR count). The van der Waals surface area contributed by atoms with E-state index in [4.69, 9.17) is 13.4 Å². The molecular weight excluding hydrogens is 558 g/mol. The molecular formula is C36H78O4P2. The van der Waals surface area contributed by atoms with Crippen molar-refractivity contribution >= 4 is 14.7 Å². The maximum absolute atomic E-state index is 14.8. The zero-order chi connectivity index (χ0) is 31.3. The van der Waals surface area contributed by atoms with Crippen molar-refractivity contribution in [1.82, 2.24) is 0 Å². The quantitative estimate of drug-likeness (QED) is 0.0521. The fraction of sp³-hybridized carbons (Fsp3) is 1.00. The van der Waals surface area contributed by atoms with Gasteiger partial charge in [-0.3, -0.25) is 0 Å². The Bertz CT molecular complexity index is 554. The minimum absolute atomic E-state index is 0.486. The second-order valence-electron chi connectivity index (χ2n) is 13.3. The van der Waals surface area contributed by atoms with Crippen molar-refractivity contribution in [2.24, 2.45) is 0 Å². The van der Waals surface area contributed by atoms with Crippen LogP contribution in [-0.4, -0.2) is 37.9 Å². The van der Waals surface area contributed by atoms with Crippen molar-refractivity contribution in [3.8, 4) is 0 Å². The van der Waals surface area contributed by atoms with Crippen LogP contribution in [0.3, 0.4) is 0 Å². The maximum atomic E-state index is 14.8. The van der Waals surface area contributed by atoms with E-state index in [-0.39, 0.29) is 0 Å². The molecule has 0 amide bonds. The minimum atomic E-state index is -3.67. The van der Waals surface area contributed by atoms with Crippen LogP contribution in [0, 0.1) is 0 Å². The molecule has 0 fully saturated rings. The third-order valence-corrected chi connectivity index (χ3v) is 18.6. The molecule has 0 saturated carbocycles. The van der Waals surface area contributed by atoms with Crippen molar-refractivity contribution in [3.63, 3.8) is 0 Å². The van der Waals surface area contributed by atoms with Crippen LogP contribution in [0.15, 0.2) is 0 Å². The van der Waals surface area contributed by atoms with E-state index in [1.54, 1.807) is 0 Å². The second kappa shape index (κ2) is 27.8. The zero-order valence-electron chi connectivity index (χ0n) is 29.7. The Hall–Kier alpha value is 0.540. The van der Waals surface area contributed by atoms with Gasteiger partial charge in [0.25, 0.3) is 0 Å². The molecule has 0 N–H and O–H groups in total. The van der Waals surface area contributed by atoms with Crippen LogP contribution in [0.1, 0.15) is 196 Å². The average Bonchev–Trinajstić information content (AvgIpc) is 2.97. The molecule has 0 aliphatic heterocycles. The van der Waals surface area contributed by atoms with Crippen molar-refractivity contribution in [1.29, 1.82) is 0 Å². The first-order valence-corrected chi connectivity index (χ1v) is 23.4. The van der Waals surface area contributed by atoms with E-state index in [1.165, 1.54) is 128 Å². The molecule has 0 aromatic carbocycles. The molecule has 256 valence electrons. The van der Waals surface area contributed by atoms with Gasteiger partial charge in [-0.05, 0) is 0 Å². The Morgan fingerprint density at radius 1 is 0.381 bits per heavy atom. The van der Waals surface area contributed by atoms with Crippen LogP contribution in [0.5, 0.6) is 0 Å². The van der Waals surface area contributed by atoms with Crippen LogP contribution in [0.4, 0.5) is 0 Å². The van der Waals surface area contributed by atoms with Crippen LogP contribution >= 0.6 is 14.7 Å². The first kappa shape index (κ1) is 42.5. The normalized spacial score (nSPS) is 13.4. The van der Waals surface area contributed by atoms with E-state index < -0.39 is 14.7 Å². The zero-order valence-corrected chi connectivity index (χ0v) is 31.5. The van der Waals surface area contributed by atoms with E-state index >= 15 is 0 Å². The molecule has 0 spiro atoms. The van der Waals surface area contributed by atoms with Gasteiger partial charge in [0.2, 0.25) is 0 Å². The number of hydrogen-bond donors (Lipinski definition) is 0. The summed E-state index contributed by atoms with van der Waals surface area (Å²) < 4.78 is 34.8. The van der Waals surface area contributed by atoms with Gasteiger partial charge in [-0.1, -0.05) is 0 Å². The Morgan fingerprint density at radius 3 is 0.952 bits per heavy atom. The third kappa shape index (κ3) is 20.5. The van der Waals surface area contributed by atoms with Gasteiger partial charge in [0.15, 0.2) is 0 Å². The molecule has 42 heavy (non-hydrogen) atoms. The van der Waals surface area contributed by atoms with E-state index in [2.05, 4.69) is 41.5 Å². The predicted molar refractivity (Wildman–Crippen MR) is 192 cm³/mol. The molecule has 0 aromatic heterocycles. The first-order chi connectivity index (χ1) is 20.4. The van der Waals surface area contributed by atoms with E-state index in [0.717, 1.165) is 50.3 Å². The average molecular weight is 637 g/mol. The molecule has 6 heteroatoms. The van der Waals surface area contributed by atoms with Gasteiger partial charge in [-0.25, -0.2) is 0 Å². The van der Waals surface area contributed by atoms with E-state index in [9.17, 15) is 4.57 Å². The summed E-state index contributed by atoms with van der Waals surface area (Å²) in [6.45, 7) is 11.8. The van der Waals surface area contributed by atoms with E-state index in [1.807, 2.05) is 0 Å². The SMILES string of the molecule is CCCCCCCCOP(=O)(OCCCCCCCC)OP(CCCCC)(CCCCC)(CCCCC)CCCCC. The van der Waals surface area contributed by atoms with Crippen LogP contribution in [-0.2, 0) is 17.9 Å². The Kier molecular flexibility index (Phi) is 28.2. The first-order valence-electron chi connectivity index (χ1n) is 19.0. The van der Waals surface area contributed by atoms with Gasteiger partial charge in [-0.15, -0.1) is 0 Å². The molecule has 0 aromatic rings. The number of phosphoric ester groups is 1. The molecule has 0 heterocycles. The van der Waals surface area contributed by atoms with Gasteiger partial charge in [-0.2, -0.15) is 0 Å². The molecule has 0 bridgehead atoms. The Labute approximate surface area is 265 Å². The fourth-order valence-corrected chi connectivity index (χ4v) is 16.5. The Morgan fingerprint density at radius 2 is 0.643 bits per heavy atom. The summed E-state index contributed by atoms with van der Waals surface area (Å²) in [4.78, 5) is 0. The third-order valence-electron chi connectivity index (χ3n) is 9.13. The number of phosphoric acid groups is 1. The second-order valence-corrected chi connectivity index (χ2v) is 20.9. The standard InChI is InChI=1S/C36H78O4P2/c1-7-13-19-21-23-25-31-38-41(37,39-32-26-24-22-20-14-8-2)40-42(33-27-15-9-3,34-28-16-10-4,35-29-17-11-5)36-30-18-12-6/h7-36H2,1-6H3. The van der Waals surface area contributed by atoms with E-state index in [0.29, 0.717) is 13.2 Å². The fourth-order valence-electron chi connectivity index (χ4n) is 6.37. The van der Waals surface area contributed by atoms with Crippen molar-refractivity contribution in [2.45, 2.75) is 196 Å². The molecule has 0 unspecified atom stereocenters. The molecule has 4 nitrogen and oxygen atoms in total. The number of unbranched alkanes of at least 4 members (excludes halogenated alkanes) is 18. The molecule has 0 aliphatic carbocycles. The predicted octanol–water partition coefficient (Wildman–Crippen LogP) is 14.1. The molecule has 0 aliphatic rings. The summed E-state index contributed by atoms with van der Waals surface area (Å²) in [6, 6.07) is 0. The summed E-state index contributed by atoms with van der Waals surface area (Å²) in [6.07, 6.45) is 33.0. The van der Waals surface area contributed by atoms with Gasteiger partial charge in [0.1, 0.15) is 0 Å². The topological polar surface area (TPSA) is 44.8 Å². The van der Waals surface area contributed by atoms with Crippen LogP contribution in [0.2, 0.25) is 0 Å². The van der Waals surface area contributed by atoms with Crippen molar-refractivity contribution in [3.05, 3.63) is 0 Å². The molecule has 0 radical (unpaired) electrons. The van der Waals surface area contributed by atoms with Gasteiger partial charge >= 0.3 is 266 Å². The van der Waals surface area contributed by atoms with Gasteiger partial charge in [0, 0.05) is 0 Å². The summed E-state index contributed by atoms with van der Waals surface area (Å²) in [5.41, 5.74) is 0. The van der Waals surface area contributed by atoms with Crippen molar-refractivity contribution < 1.29 is 17.9 Å². The Balaban J connectivity index is 6.13. The van der Waals surface area contributed by atoms with Gasteiger partial charge < -0.3 is 0 Å². The molecule has 0 saturated heterocycles. The van der Waals surface area contributed by atoms with Crippen LogP contribution < -0.4 is 0 Å². The van der Waals surface area contributed by atoms with Crippen LogP contribution in [0.25, 0.3) is 0 Å². The number of hydrogen-bond acceptors (Lipinski definition) is 4. The molecule has 0 atom stereocenters. The summed E-state index contributed by atoms with van der Waals surface area (Å²) in [5, 5.41) is 0. The monoisotopic (exact) mass is 637 g/mol.